The molecule has 0 bridgehead atoms. The fraction of sp³-hybridized carbons (Fsp3) is 0.241. The molecule has 8 rings (SSSR count). The highest BCUT2D eigenvalue weighted by molar-refractivity contribution is 6.31. The van der Waals surface area contributed by atoms with E-state index in [2.05, 4.69) is 4.90 Å². The number of carbonyl (C=O) groups is 2. The first-order valence-corrected chi connectivity index (χ1v) is 12.9. The van der Waals surface area contributed by atoms with Crippen molar-refractivity contribution in [1.29, 1.82) is 0 Å². The number of rotatable bonds is 1. The molecule has 1 spiro atoms. The minimum atomic E-state index is -1.00. The molecule has 2 amide bonds. The van der Waals surface area contributed by atoms with Gasteiger partial charge in [0.1, 0.15) is 11.4 Å². The van der Waals surface area contributed by atoms with Crippen molar-refractivity contribution >= 4 is 40.0 Å². The fourth-order valence-electron chi connectivity index (χ4n) is 7.46. The molecule has 182 valence electrons. The molecule has 0 N–H and O–H groups in total. The summed E-state index contributed by atoms with van der Waals surface area (Å²) in [5.74, 6) is -1.11. The van der Waals surface area contributed by atoms with E-state index < -0.39 is 17.4 Å². The molecule has 4 aliphatic rings. The lowest BCUT2D eigenvalue weighted by atomic mass is 9.75. The van der Waals surface area contributed by atoms with E-state index in [1.54, 1.807) is 34.9 Å². The summed E-state index contributed by atoms with van der Waals surface area (Å²) in [5.41, 5.74) is 1.56. The largest absolute Gasteiger partial charge is 0.283 e. The van der Waals surface area contributed by atoms with Gasteiger partial charge in [0.25, 0.3) is 5.56 Å². The van der Waals surface area contributed by atoms with E-state index in [4.69, 9.17) is 16.6 Å². The maximum absolute atomic E-state index is 14.4. The van der Waals surface area contributed by atoms with Crippen LogP contribution in [0.1, 0.15) is 24.2 Å². The molecular formula is C29H21ClN4O3. The van der Waals surface area contributed by atoms with Crippen LogP contribution in [-0.2, 0) is 15.1 Å². The highest BCUT2D eigenvalue weighted by Gasteiger charge is 2.73. The van der Waals surface area contributed by atoms with E-state index >= 15 is 0 Å². The van der Waals surface area contributed by atoms with Crippen LogP contribution in [0.4, 0.5) is 5.69 Å². The van der Waals surface area contributed by atoms with Crippen molar-refractivity contribution in [2.45, 2.75) is 24.4 Å². The van der Waals surface area contributed by atoms with E-state index in [1.165, 1.54) is 4.90 Å². The first kappa shape index (κ1) is 21.3. The van der Waals surface area contributed by atoms with Gasteiger partial charge in [0.05, 0.1) is 34.1 Å². The number of nitrogens with zero attached hydrogens (tertiary/aromatic N) is 4. The molecule has 37 heavy (non-hydrogen) atoms. The first-order valence-electron chi connectivity index (χ1n) is 12.6. The molecule has 8 heteroatoms. The Labute approximate surface area is 216 Å². The van der Waals surface area contributed by atoms with Gasteiger partial charge in [0.2, 0.25) is 11.8 Å². The summed E-state index contributed by atoms with van der Waals surface area (Å²) < 4.78 is 1.68. The Bertz CT molecular complexity index is 1730. The molecule has 1 aromatic heterocycles. The van der Waals surface area contributed by atoms with Gasteiger partial charge in [0, 0.05) is 16.6 Å². The Morgan fingerprint density at radius 1 is 0.892 bits per heavy atom. The summed E-state index contributed by atoms with van der Waals surface area (Å²) in [7, 11) is 0. The van der Waals surface area contributed by atoms with Crippen molar-refractivity contribution in [2.75, 3.05) is 11.4 Å². The smallest absolute Gasteiger partial charge is 0.266 e. The lowest BCUT2D eigenvalue weighted by molar-refractivity contribution is -0.124. The summed E-state index contributed by atoms with van der Waals surface area (Å²) in [6.45, 7) is 0.732. The Kier molecular flexibility index (Phi) is 4.11. The normalized spacial score (nSPS) is 27.7. The van der Waals surface area contributed by atoms with Gasteiger partial charge in [-0.25, -0.2) is 9.88 Å². The van der Waals surface area contributed by atoms with Gasteiger partial charge >= 0.3 is 0 Å². The second-order valence-electron chi connectivity index (χ2n) is 10.3. The topological polar surface area (TPSA) is 75.5 Å². The molecular weight excluding hydrogens is 488 g/mol. The molecule has 4 aliphatic heterocycles. The maximum atomic E-state index is 14.4. The highest BCUT2D eigenvalue weighted by Crippen LogP contribution is 2.62. The maximum Gasteiger partial charge on any atom is 0.266 e. The van der Waals surface area contributed by atoms with E-state index in [0.29, 0.717) is 27.4 Å². The zero-order valence-electron chi connectivity index (χ0n) is 19.7. The summed E-state index contributed by atoms with van der Waals surface area (Å²) in [6.07, 6.45) is 1.73. The van der Waals surface area contributed by atoms with Gasteiger partial charge in [-0.2, -0.15) is 0 Å². The van der Waals surface area contributed by atoms with Crippen LogP contribution in [0.15, 0.2) is 77.6 Å². The second kappa shape index (κ2) is 7.15. The van der Waals surface area contributed by atoms with Crippen LogP contribution in [0.5, 0.6) is 0 Å². The molecule has 3 fully saturated rings. The molecule has 4 atom stereocenters. The third-order valence-electron chi connectivity index (χ3n) is 8.73. The number of amides is 2. The molecule has 4 aromatic rings. The van der Waals surface area contributed by atoms with Crippen molar-refractivity contribution in [1.82, 2.24) is 14.5 Å². The third kappa shape index (κ3) is 2.42. The minimum absolute atomic E-state index is 0.110. The number of hydrogen-bond donors (Lipinski definition) is 0. The molecule has 0 radical (unpaired) electrons. The van der Waals surface area contributed by atoms with Gasteiger partial charge in [0.15, 0.2) is 0 Å². The summed E-state index contributed by atoms with van der Waals surface area (Å²) in [5, 5.41) is 1.07. The number of benzene rings is 3. The van der Waals surface area contributed by atoms with Gasteiger partial charge in [-0.15, -0.1) is 0 Å². The number of fused-ring (bicyclic) bond motifs is 11. The van der Waals surface area contributed by atoms with Crippen LogP contribution in [0.3, 0.4) is 0 Å². The summed E-state index contributed by atoms with van der Waals surface area (Å²) >= 11 is 6.10. The first-order chi connectivity index (χ1) is 18.0. The SMILES string of the molecule is O=C1[C@H]2[C@H]3CCCN3[C@]3(c4ccccc4-n4c3nc3ccccc3c4=O)[C@H]2C(=O)N1c1ccc(Cl)cc1. The fourth-order valence-corrected chi connectivity index (χ4v) is 7.58. The monoisotopic (exact) mass is 508 g/mol. The number of aromatic nitrogens is 2. The highest BCUT2D eigenvalue weighted by atomic mass is 35.5. The number of hydrogen-bond acceptors (Lipinski definition) is 5. The van der Waals surface area contributed by atoms with Crippen LogP contribution in [0.25, 0.3) is 16.6 Å². The van der Waals surface area contributed by atoms with Crippen molar-refractivity contribution in [3.8, 4) is 5.69 Å². The zero-order chi connectivity index (χ0) is 25.1. The van der Waals surface area contributed by atoms with E-state index in [1.807, 2.05) is 42.5 Å². The number of para-hydroxylation sites is 2. The zero-order valence-corrected chi connectivity index (χ0v) is 20.4. The molecule has 3 aromatic carbocycles. The Morgan fingerprint density at radius 3 is 2.49 bits per heavy atom. The quantitative estimate of drug-likeness (QED) is 0.365. The number of carbonyl (C=O) groups excluding carboxylic acids is 2. The van der Waals surface area contributed by atoms with Crippen LogP contribution < -0.4 is 10.5 Å². The summed E-state index contributed by atoms with van der Waals surface area (Å²) in [6, 6.07) is 21.8. The minimum Gasteiger partial charge on any atom is -0.283 e. The van der Waals surface area contributed by atoms with E-state index in [-0.39, 0.29) is 23.4 Å². The molecule has 3 saturated heterocycles. The molecule has 7 nitrogen and oxygen atoms in total. The van der Waals surface area contributed by atoms with E-state index in [9.17, 15) is 14.4 Å². The molecule has 0 saturated carbocycles. The lowest BCUT2D eigenvalue weighted by Gasteiger charge is -2.38. The van der Waals surface area contributed by atoms with Crippen molar-refractivity contribution < 1.29 is 9.59 Å². The average molecular weight is 509 g/mol. The van der Waals surface area contributed by atoms with Crippen LogP contribution in [0.2, 0.25) is 5.02 Å². The second-order valence-corrected chi connectivity index (χ2v) is 10.7. The van der Waals surface area contributed by atoms with Crippen molar-refractivity contribution in [3.05, 3.63) is 99.6 Å². The third-order valence-corrected chi connectivity index (χ3v) is 8.98. The average Bonchev–Trinajstić information content (AvgIpc) is 3.62. The standard InChI is InChI=1S/C29H21ClN4O3/c30-16-11-13-17(14-12-16)33-26(36)23-22-10-5-15-32(22)29(24(23)27(33)37)19-7-2-4-9-21(19)34-25(35)18-6-1-3-8-20(18)31-28(29)34/h1-4,6-9,11-14,22-24H,5,10,15H2/t22-,23+,24-,29-/m1/s1. The number of halogens is 1. The van der Waals surface area contributed by atoms with Crippen molar-refractivity contribution in [2.24, 2.45) is 11.8 Å². The molecule has 5 heterocycles. The molecule has 0 aliphatic carbocycles. The van der Waals surface area contributed by atoms with Crippen LogP contribution in [-0.4, -0.2) is 38.9 Å². The lowest BCUT2D eigenvalue weighted by Crippen LogP contribution is -2.51. The van der Waals surface area contributed by atoms with Gasteiger partial charge in [-0.1, -0.05) is 41.9 Å². The van der Waals surface area contributed by atoms with Gasteiger partial charge in [-0.3, -0.25) is 23.9 Å². The Morgan fingerprint density at radius 2 is 1.65 bits per heavy atom. The van der Waals surface area contributed by atoms with Crippen molar-refractivity contribution in [3.63, 3.8) is 0 Å². The molecule has 0 unspecified atom stereocenters. The van der Waals surface area contributed by atoms with Crippen LogP contribution in [0, 0.1) is 11.8 Å². The number of anilines is 1. The Hall–Kier alpha value is -3.81. The Balaban J connectivity index is 1.45. The predicted octanol–water partition coefficient (Wildman–Crippen LogP) is 3.88. The summed E-state index contributed by atoms with van der Waals surface area (Å²) in [4.78, 5) is 51.0. The van der Waals surface area contributed by atoms with Gasteiger partial charge < -0.3 is 0 Å². The van der Waals surface area contributed by atoms with E-state index in [0.717, 1.165) is 30.6 Å². The predicted molar refractivity (Wildman–Crippen MR) is 139 cm³/mol. The number of imide groups is 1. The van der Waals surface area contributed by atoms with Gasteiger partial charge in [-0.05, 0) is 61.9 Å². The van der Waals surface area contributed by atoms with Crippen LogP contribution >= 0.6 is 11.6 Å².